The molecule has 0 bridgehead atoms. The number of carbonyl (C=O) groups is 2. The number of pyridine rings is 1. The Morgan fingerprint density at radius 1 is 0.929 bits per heavy atom. The number of fused-ring (bicyclic) bond motifs is 1. The van der Waals surface area contributed by atoms with E-state index in [2.05, 4.69) is 20.6 Å². The normalized spacial score (nSPS) is 13.4. The molecule has 0 unspecified atom stereocenters. The molecule has 4 rings (SSSR count). The van der Waals surface area contributed by atoms with E-state index in [9.17, 15) is 9.59 Å². The fourth-order valence-electron chi connectivity index (χ4n) is 3.01. The third kappa shape index (κ3) is 4.17. The van der Waals surface area contributed by atoms with Crippen LogP contribution < -0.4 is 10.6 Å². The van der Waals surface area contributed by atoms with Crippen LogP contribution in [0, 0.1) is 0 Å². The second-order valence-corrected chi connectivity index (χ2v) is 7.45. The molecule has 2 aromatic heterocycles. The van der Waals surface area contributed by atoms with Crippen molar-refractivity contribution in [2.24, 2.45) is 0 Å². The van der Waals surface area contributed by atoms with E-state index in [-0.39, 0.29) is 11.9 Å². The highest BCUT2D eigenvalue weighted by molar-refractivity contribution is 7.13. The average Bonchev–Trinajstić information content (AvgIpc) is 3.02. The summed E-state index contributed by atoms with van der Waals surface area (Å²) in [7, 11) is 0. The number of urea groups is 1. The first kappa shape index (κ1) is 18.1. The van der Waals surface area contributed by atoms with E-state index in [1.807, 2.05) is 30.3 Å². The van der Waals surface area contributed by atoms with Gasteiger partial charge in [0.15, 0.2) is 5.01 Å². The number of hydrogen-bond acceptors (Lipinski definition) is 5. The standard InChI is InChI=1S/C20H19N5O2S/c26-18(22-15-6-10-21-11-7-15)19-24-16-8-12-25(13-9-17(16)28-19)20(27)23-14-4-2-1-3-5-14/h1-7,10-11H,8-9,12-13H2,(H,23,27)(H,21,22,26). The van der Waals surface area contributed by atoms with Gasteiger partial charge in [0.25, 0.3) is 5.91 Å². The molecule has 8 heteroatoms. The molecule has 3 aromatic rings. The summed E-state index contributed by atoms with van der Waals surface area (Å²) in [5.74, 6) is -0.219. The molecule has 0 atom stereocenters. The molecular formula is C20H19N5O2S. The number of nitrogens with one attached hydrogen (secondary N) is 2. The summed E-state index contributed by atoms with van der Waals surface area (Å²) in [6.07, 6.45) is 4.58. The minimum Gasteiger partial charge on any atom is -0.324 e. The fourth-order valence-corrected chi connectivity index (χ4v) is 4.00. The quantitative estimate of drug-likeness (QED) is 0.714. The number of benzene rings is 1. The predicted molar refractivity (Wildman–Crippen MR) is 109 cm³/mol. The summed E-state index contributed by atoms with van der Waals surface area (Å²) < 4.78 is 0. The molecule has 0 saturated heterocycles. The van der Waals surface area contributed by atoms with E-state index in [1.165, 1.54) is 11.3 Å². The van der Waals surface area contributed by atoms with E-state index in [1.54, 1.807) is 29.4 Å². The number of carbonyl (C=O) groups excluding carboxylic acids is 2. The van der Waals surface area contributed by atoms with Crippen LogP contribution in [0.1, 0.15) is 20.4 Å². The van der Waals surface area contributed by atoms with Gasteiger partial charge in [-0.15, -0.1) is 11.3 Å². The van der Waals surface area contributed by atoms with Crippen LogP contribution in [0.15, 0.2) is 54.9 Å². The molecule has 28 heavy (non-hydrogen) atoms. The minimum atomic E-state index is -0.219. The molecule has 1 aliphatic rings. The lowest BCUT2D eigenvalue weighted by molar-refractivity contribution is 0.102. The van der Waals surface area contributed by atoms with Gasteiger partial charge in [-0.3, -0.25) is 9.78 Å². The summed E-state index contributed by atoms with van der Waals surface area (Å²) in [6.45, 7) is 1.17. The van der Waals surface area contributed by atoms with Crippen molar-refractivity contribution in [1.82, 2.24) is 14.9 Å². The molecule has 142 valence electrons. The van der Waals surface area contributed by atoms with Crippen LogP contribution in [-0.2, 0) is 12.8 Å². The van der Waals surface area contributed by atoms with Gasteiger partial charge < -0.3 is 15.5 Å². The van der Waals surface area contributed by atoms with Gasteiger partial charge in [0.05, 0.1) is 5.69 Å². The van der Waals surface area contributed by atoms with Gasteiger partial charge in [0, 0.05) is 54.6 Å². The number of aromatic nitrogens is 2. The summed E-state index contributed by atoms with van der Waals surface area (Å²) in [5.41, 5.74) is 2.37. The van der Waals surface area contributed by atoms with Crippen molar-refractivity contribution in [3.8, 4) is 0 Å². The molecule has 2 N–H and O–H groups in total. The van der Waals surface area contributed by atoms with Crippen molar-refractivity contribution >= 4 is 34.6 Å². The summed E-state index contributed by atoms with van der Waals surface area (Å²) in [4.78, 5) is 36.2. The lowest BCUT2D eigenvalue weighted by Gasteiger charge is -2.20. The van der Waals surface area contributed by atoms with Gasteiger partial charge in [0.2, 0.25) is 0 Å². The Hall–Kier alpha value is -3.26. The molecule has 0 radical (unpaired) electrons. The number of amides is 3. The highest BCUT2D eigenvalue weighted by atomic mass is 32.1. The topological polar surface area (TPSA) is 87.2 Å². The molecule has 0 aliphatic carbocycles. The molecule has 0 spiro atoms. The number of thiazole rings is 1. The third-order valence-corrected chi connectivity index (χ3v) is 5.61. The number of nitrogens with zero attached hydrogens (tertiary/aromatic N) is 3. The number of para-hydroxylation sites is 1. The first-order valence-corrected chi connectivity index (χ1v) is 9.81. The Bertz CT molecular complexity index is 949. The van der Waals surface area contributed by atoms with Crippen LogP contribution in [0.4, 0.5) is 16.2 Å². The first-order valence-electron chi connectivity index (χ1n) is 9.00. The number of hydrogen-bond donors (Lipinski definition) is 2. The van der Waals surface area contributed by atoms with Gasteiger partial charge in [0.1, 0.15) is 0 Å². The SMILES string of the molecule is O=C(Nc1ccncc1)c1nc2c(s1)CCN(C(=O)Nc1ccccc1)CC2. The van der Waals surface area contributed by atoms with Crippen molar-refractivity contribution in [3.63, 3.8) is 0 Å². The molecule has 0 saturated carbocycles. The Morgan fingerprint density at radius 2 is 1.64 bits per heavy atom. The monoisotopic (exact) mass is 393 g/mol. The van der Waals surface area contributed by atoms with Crippen LogP contribution in [0.25, 0.3) is 0 Å². The molecule has 1 aromatic carbocycles. The Balaban J connectivity index is 1.38. The lowest BCUT2D eigenvalue weighted by atomic mass is 10.2. The van der Waals surface area contributed by atoms with E-state index >= 15 is 0 Å². The Kier molecular flexibility index (Phi) is 5.29. The van der Waals surface area contributed by atoms with Gasteiger partial charge in [-0.2, -0.15) is 0 Å². The summed E-state index contributed by atoms with van der Waals surface area (Å²) >= 11 is 1.40. The maximum Gasteiger partial charge on any atom is 0.321 e. The maximum atomic E-state index is 12.5. The highest BCUT2D eigenvalue weighted by Crippen LogP contribution is 2.24. The van der Waals surface area contributed by atoms with Gasteiger partial charge in [-0.05, 0) is 24.3 Å². The van der Waals surface area contributed by atoms with Crippen LogP contribution in [0.2, 0.25) is 0 Å². The van der Waals surface area contributed by atoms with E-state index in [0.29, 0.717) is 36.6 Å². The van der Waals surface area contributed by atoms with Crippen LogP contribution >= 0.6 is 11.3 Å². The highest BCUT2D eigenvalue weighted by Gasteiger charge is 2.23. The first-order chi connectivity index (χ1) is 13.7. The van der Waals surface area contributed by atoms with Crippen molar-refractivity contribution in [2.75, 3.05) is 23.7 Å². The average molecular weight is 393 g/mol. The van der Waals surface area contributed by atoms with E-state index < -0.39 is 0 Å². The number of rotatable bonds is 3. The molecule has 3 amide bonds. The van der Waals surface area contributed by atoms with Crippen molar-refractivity contribution in [2.45, 2.75) is 12.8 Å². The van der Waals surface area contributed by atoms with Crippen molar-refractivity contribution in [3.05, 3.63) is 70.4 Å². The predicted octanol–water partition coefficient (Wildman–Crippen LogP) is 3.42. The lowest BCUT2D eigenvalue weighted by Crippen LogP contribution is -2.36. The van der Waals surface area contributed by atoms with Gasteiger partial charge in [-0.25, -0.2) is 9.78 Å². The summed E-state index contributed by atoms with van der Waals surface area (Å²) in [6, 6.07) is 12.8. The van der Waals surface area contributed by atoms with Crippen LogP contribution in [0.3, 0.4) is 0 Å². The minimum absolute atomic E-state index is 0.114. The Morgan fingerprint density at radius 3 is 2.43 bits per heavy atom. The van der Waals surface area contributed by atoms with E-state index in [0.717, 1.165) is 16.3 Å². The van der Waals surface area contributed by atoms with Crippen molar-refractivity contribution < 1.29 is 9.59 Å². The fraction of sp³-hybridized carbons (Fsp3) is 0.200. The molecule has 1 aliphatic heterocycles. The summed E-state index contributed by atoms with van der Waals surface area (Å²) in [5, 5.41) is 6.20. The van der Waals surface area contributed by atoms with Crippen molar-refractivity contribution in [1.29, 1.82) is 0 Å². The molecule has 7 nitrogen and oxygen atoms in total. The maximum absolute atomic E-state index is 12.5. The van der Waals surface area contributed by atoms with Gasteiger partial charge >= 0.3 is 6.03 Å². The second kappa shape index (κ2) is 8.18. The third-order valence-electron chi connectivity index (χ3n) is 4.45. The van der Waals surface area contributed by atoms with Crippen LogP contribution in [0.5, 0.6) is 0 Å². The molecular weight excluding hydrogens is 374 g/mol. The second-order valence-electron chi connectivity index (χ2n) is 6.36. The largest absolute Gasteiger partial charge is 0.324 e. The molecule has 3 heterocycles. The zero-order valence-corrected chi connectivity index (χ0v) is 15.9. The van der Waals surface area contributed by atoms with Gasteiger partial charge in [-0.1, -0.05) is 18.2 Å². The van der Waals surface area contributed by atoms with E-state index in [4.69, 9.17) is 0 Å². The van der Waals surface area contributed by atoms with Crippen LogP contribution in [-0.4, -0.2) is 39.9 Å². The number of anilines is 2. The zero-order valence-electron chi connectivity index (χ0n) is 15.1. The Labute approximate surface area is 166 Å². The zero-order chi connectivity index (χ0) is 19.3. The smallest absolute Gasteiger partial charge is 0.321 e. The molecule has 0 fully saturated rings.